The summed E-state index contributed by atoms with van der Waals surface area (Å²) >= 11 is 1.57. The molecule has 0 saturated heterocycles. The first kappa shape index (κ1) is 17.7. The van der Waals surface area contributed by atoms with Gasteiger partial charge in [-0.1, -0.05) is 19.9 Å². The van der Waals surface area contributed by atoms with Crippen LogP contribution < -0.4 is 5.32 Å². The average molecular weight is 335 g/mol. The van der Waals surface area contributed by atoms with E-state index >= 15 is 0 Å². The first-order chi connectivity index (χ1) is 11.0. The largest absolute Gasteiger partial charge is 0.396 e. The predicted octanol–water partition coefficient (Wildman–Crippen LogP) is 3.07. The summed E-state index contributed by atoms with van der Waals surface area (Å²) in [6.45, 7) is 4.92. The average Bonchev–Trinajstić information content (AvgIpc) is 3.20. The number of hydrogen-bond donors (Lipinski definition) is 2. The van der Waals surface area contributed by atoms with Crippen molar-refractivity contribution in [2.45, 2.75) is 33.1 Å². The minimum absolute atomic E-state index is 0.0459. The van der Waals surface area contributed by atoms with Crippen LogP contribution in [0.4, 0.5) is 0 Å². The van der Waals surface area contributed by atoms with Crippen molar-refractivity contribution in [1.29, 1.82) is 0 Å². The van der Waals surface area contributed by atoms with Gasteiger partial charge in [0.25, 0.3) is 5.91 Å². The summed E-state index contributed by atoms with van der Waals surface area (Å²) in [5.41, 5.74) is 1.27. The van der Waals surface area contributed by atoms with E-state index in [4.69, 9.17) is 0 Å². The molecule has 2 aromatic heterocycles. The van der Waals surface area contributed by atoms with Gasteiger partial charge in [0.15, 0.2) is 0 Å². The Balaban J connectivity index is 2.15. The van der Waals surface area contributed by atoms with Gasteiger partial charge in [-0.05, 0) is 36.1 Å². The van der Waals surface area contributed by atoms with E-state index < -0.39 is 0 Å². The zero-order valence-corrected chi connectivity index (χ0v) is 14.8. The number of amides is 1. The Morgan fingerprint density at radius 2 is 2.17 bits per heavy atom. The smallest absolute Gasteiger partial charge is 0.255 e. The van der Waals surface area contributed by atoms with Crippen LogP contribution in [0.5, 0.6) is 0 Å². The van der Waals surface area contributed by atoms with Crippen molar-refractivity contribution in [3.63, 3.8) is 0 Å². The van der Waals surface area contributed by atoms with Gasteiger partial charge in [0.1, 0.15) is 5.69 Å². The maximum absolute atomic E-state index is 12.6. The van der Waals surface area contributed by atoms with Gasteiger partial charge in [0.05, 0.1) is 10.4 Å². The second-order valence-corrected chi connectivity index (χ2v) is 6.85. The molecule has 0 saturated carbocycles. The lowest BCUT2D eigenvalue weighted by Crippen LogP contribution is -2.37. The Labute approximate surface area is 141 Å². The molecule has 5 nitrogen and oxygen atoms in total. The standard InChI is InChI=1S/C17H25N3O2S/c1-4-17(5-2,8-9-21)12-18-16(22)13-11-20(3)19-15(13)14-7-6-10-23-14/h6-7,10-11,21H,4-5,8-9,12H2,1-3H3,(H,18,22). The molecule has 0 aromatic carbocycles. The number of aryl methyl sites for hydroxylation is 1. The number of rotatable bonds is 8. The van der Waals surface area contributed by atoms with E-state index in [2.05, 4.69) is 24.3 Å². The molecular formula is C17H25N3O2S. The second-order valence-electron chi connectivity index (χ2n) is 5.91. The molecule has 0 atom stereocenters. The monoisotopic (exact) mass is 335 g/mol. The van der Waals surface area contributed by atoms with Gasteiger partial charge in [-0.15, -0.1) is 11.3 Å². The zero-order valence-electron chi connectivity index (χ0n) is 14.0. The third-order valence-electron chi connectivity index (χ3n) is 4.59. The lowest BCUT2D eigenvalue weighted by molar-refractivity contribution is 0.0908. The molecule has 6 heteroatoms. The highest BCUT2D eigenvalue weighted by Crippen LogP contribution is 2.30. The molecule has 0 aliphatic carbocycles. The summed E-state index contributed by atoms with van der Waals surface area (Å²) in [6.07, 6.45) is 4.31. The van der Waals surface area contributed by atoms with Crippen LogP contribution in [0.1, 0.15) is 43.5 Å². The molecule has 0 radical (unpaired) electrons. The summed E-state index contributed by atoms with van der Waals surface area (Å²) in [5, 5.41) is 18.7. The van der Waals surface area contributed by atoms with Crippen LogP contribution in [0.25, 0.3) is 10.6 Å². The van der Waals surface area contributed by atoms with E-state index in [0.717, 1.165) is 23.4 Å². The van der Waals surface area contributed by atoms with Gasteiger partial charge in [-0.25, -0.2) is 0 Å². The fourth-order valence-corrected chi connectivity index (χ4v) is 3.52. The third kappa shape index (κ3) is 4.00. The fraction of sp³-hybridized carbons (Fsp3) is 0.529. The van der Waals surface area contributed by atoms with Gasteiger partial charge in [-0.2, -0.15) is 5.10 Å². The molecule has 0 spiro atoms. The highest BCUT2D eigenvalue weighted by Gasteiger charge is 2.27. The number of carbonyl (C=O) groups excluding carboxylic acids is 1. The van der Waals surface area contributed by atoms with Crippen LogP contribution in [0.2, 0.25) is 0 Å². The highest BCUT2D eigenvalue weighted by atomic mass is 32.1. The number of carbonyl (C=O) groups is 1. The highest BCUT2D eigenvalue weighted by molar-refractivity contribution is 7.13. The van der Waals surface area contributed by atoms with Gasteiger partial charge in [-0.3, -0.25) is 9.48 Å². The topological polar surface area (TPSA) is 67.2 Å². The molecule has 2 aromatic rings. The molecule has 2 heterocycles. The number of thiophene rings is 1. The fourth-order valence-electron chi connectivity index (χ4n) is 2.79. The Bertz CT molecular complexity index is 630. The minimum Gasteiger partial charge on any atom is -0.396 e. The van der Waals surface area contributed by atoms with Crippen LogP contribution in [0.3, 0.4) is 0 Å². The van der Waals surface area contributed by atoms with Gasteiger partial charge >= 0.3 is 0 Å². The molecule has 0 bridgehead atoms. The van der Waals surface area contributed by atoms with Crippen LogP contribution >= 0.6 is 11.3 Å². The molecule has 2 rings (SSSR count). The number of aliphatic hydroxyl groups is 1. The van der Waals surface area contributed by atoms with Crippen molar-refractivity contribution in [2.24, 2.45) is 12.5 Å². The molecule has 23 heavy (non-hydrogen) atoms. The van der Waals surface area contributed by atoms with Crippen molar-refractivity contribution in [2.75, 3.05) is 13.2 Å². The molecule has 0 aliphatic rings. The second kappa shape index (κ2) is 7.75. The van der Waals surface area contributed by atoms with Crippen LogP contribution in [0.15, 0.2) is 23.7 Å². The van der Waals surface area contributed by atoms with Crippen LogP contribution in [0, 0.1) is 5.41 Å². The number of nitrogens with one attached hydrogen (secondary N) is 1. The van der Waals surface area contributed by atoms with Gasteiger partial charge < -0.3 is 10.4 Å². The Morgan fingerprint density at radius 1 is 1.43 bits per heavy atom. The lowest BCUT2D eigenvalue weighted by atomic mass is 9.79. The summed E-state index contributed by atoms with van der Waals surface area (Å²) < 4.78 is 1.67. The molecule has 1 amide bonds. The third-order valence-corrected chi connectivity index (χ3v) is 5.47. The Hall–Kier alpha value is -1.66. The SMILES string of the molecule is CCC(CC)(CCO)CNC(=O)c1cn(C)nc1-c1cccs1. The van der Waals surface area contributed by atoms with Crippen molar-refractivity contribution in [3.8, 4) is 10.6 Å². The summed E-state index contributed by atoms with van der Waals surface area (Å²) in [4.78, 5) is 13.6. The molecule has 0 fully saturated rings. The number of aromatic nitrogens is 2. The van der Waals surface area contributed by atoms with Crippen molar-refractivity contribution in [1.82, 2.24) is 15.1 Å². The maximum Gasteiger partial charge on any atom is 0.255 e. The zero-order chi connectivity index (χ0) is 16.9. The molecule has 0 aliphatic heterocycles. The van der Waals surface area contributed by atoms with E-state index in [1.165, 1.54) is 0 Å². The number of hydrogen-bond acceptors (Lipinski definition) is 4. The van der Waals surface area contributed by atoms with E-state index in [1.54, 1.807) is 22.2 Å². The summed E-state index contributed by atoms with van der Waals surface area (Å²) in [6, 6.07) is 3.93. The minimum atomic E-state index is -0.106. The number of aliphatic hydroxyl groups excluding tert-OH is 1. The molecular weight excluding hydrogens is 310 g/mol. The van der Waals surface area contributed by atoms with Crippen LogP contribution in [-0.4, -0.2) is 33.9 Å². The summed E-state index contributed by atoms with van der Waals surface area (Å²) in [7, 11) is 1.82. The van der Waals surface area contributed by atoms with E-state index in [-0.39, 0.29) is 17.9 Å². The van der Waals surface area contributed by atoms with Gasteiger partial charge in [0.2, 0.25) is 0 Å². The molecule has 126 valence electrons. The maximum atomic E-state index is 12.6. The van der Waals surface area contributed by atoms with E-state index in [9.17, 15) is 9.90 Å². The lowest BCUT2D eigenvalue weighted by Gasteiger charge is -2.31. The van der Waals surface area contributed by atoms with E-state index in [1.807, 2.05) is 24.6 Å². The Morgan fingerprint density at radius 3 is 2.74 bits per heavy atom. The van der Waals surface area contributed by atoms with E-state index in [0.29, 0.717) is 18.5 Å². The molecule has 2 N–H and O–H groups in total. The molecule has 0 unspecified atom stereocenters. The summed E-state index contributed by atoms with van der Waals surface area (Å²) in [5.74, 6) is -0.106. The quantitative estimate of drug-likeness (QED) is 0.779. The van der Waals surface area contributed by atoms with Crippen molar-refractivity contribution in [3.05, 3.63) is 29.3 Å². The number of nitrogens with zero attached hydrogens (tertiary/aromatic N) is 2. The first-order valence-electron chi connectivity index (χ1n) is 8.02. The first-order valence-corrected chi connectivity index (χ1v) is 8.89. The normalized spacial score (nSPS) is 11.7. The van der Waals surface area contributed by atoms with Gasteiger partial charge in [0, 0.05) is 26.4 Å². The predicted molar refractivity (Wildman–Crippen MR) is 93.6 cm³/mol. The Kier molecular flexibility index (Phi) is 5.96. The van der Waals surface area contributed by atoms with Crippen molar-refractivity contribution < 1.29 is 9.90 Å². The van der Waals surface area contributed by atoms with Crippen LogP contribution in [-0.2, 0) is 7.05 Å². The van der Waals surface area contributed by atoms with Crippen molar-refractivity contribution >= 4 is 17.2 Å².